The summed E-state index contributed by atoms with van der Waals surface area (Å²) in [5, 5.41) is 0. The Balaban J connectivity index is 1.63. The molecule has 1 fully saturated rings. The van der Waals surface area contributed by atoms with Gasteiger partial charge in [-0.2, -0.15) is 0 Å². The van der Waals surface area contributed by atoms with E-state index in [0.717, 1.165) is 5.92 Å². The number of likely N-dealkylation sites (tertiary alicyclic amines) is 1. The van der Waals surface area contributed by atoms with Crippen LogP contribution >= 0.6 is 0 Å². The zero-order chi connectivity index (χ0) is 19.9. The molecule has 1 heterocycles. The SMILES string of the molecule is CC(C)N(CCN1CCC(C(c2ccccc2)c2ccccc2)CC1)C(C)C. The summed E-state index contributed by atoms with van der Waals surface area (Å²) >= 11 is 0. The zero-order valence-corrected chi connectivity index (χ0v) is 18.2. The van der Waals surface area contributed by atoms with Crippen LogP contribution in [0.4, 0.5) is 0 Å². The number of hydrogen-bond acceptors (Lipinski definition) is 2. The van der Waals surface area contributed by atoms with Gasteiger partial charge in [-0.3, -0.25) is 4.90 Å². The Morgan fingerprint density at radius 1 is 0.786 bits per heavy atom. The lowest BCUT2D eigenvalue weighted by atomic mass is 9.76. The van der Waals surface area contributed by atoms with Crippen LogP contribution in [0, 0.1) is 5.92 Å². The smallest absolute Gasteiger partial charge is 0.0119 e. The van der Waals surface area contributed by atoms with Crippen molar-refractivity contribution in [2.24, 2.45) is 5.92 Å². The highest BCUT2D eigenvalue weighted by atomic mass is 15.2. The molecule has 2 nitrogen and oxygen atoms in total. The average Bonchev–Trinajstić information content (AvgIpc) is 2.70. The predicted molar refractivity (Wildman–Crippen MR) is 121 cm³/mol. The summed E-state index contributed by atoms with van der Waals surface area (Å²) < 4.78 is 0. The molecule has 0 radical (unpaired) electrons. The molecule has 2 aromatic carbocycles. The molecule has 0 spiro atoms. The zero-order valence-electron chi connectivity index (χ0n) is 18.2. The number of piperidine rings is 1. The maximum absolute atomic E-state index is 2.68. The molecule has 152 valence electrons. The predicted octanol–water partition coefficient (Wildman–Crippen LogP) is 5.65. The molecule has 1 saturated heterocycles. The van der Waals surface area contributed by atoms with E-state index in [-0.39, 0.29) is 0 Å². The van der Waals surface area contributed by atoms with E-state index in [2.05, 4.69) is 98.2 Å². The Hall–Kier alpha value is -1.64. The maximum Gasteiger partial charge on any atom is 0.0119 e. The van der Waals surface area contributed by atoms with Gasteiger partial charge in [0.1, 0.15) is 0 Å². The first kappa shape index (κ1) is 21.1. The van der Waals surface area contributed by atoms with Crippen molar-refractivity contribution in [3.63, 3.8) is 0 Å². The van der Waals surface area contributed by atoms with Crippen molar-refractivity contribution in [1.29, 1.82) is 0 Å². The van der Waals surface area contributed by atoms with Crippen molar-refractivity contribution >= 4 is 0 Å². The molecular formula is C26H38N2. The summed E-state index contributed by atoms with van der Waals surface area (Å²) in [5.74, 6) is 1.25. The fraction of sp³-hybridized carbons (Fsp3) is 0.538. The summed E-state index contributed by atoms with van der Waals surface area (Å²) in [7, 11) is 0. The minimum Gasteiger partial charge on any atom is -0.302 e. The summed E-state index contributed by atoms with van der Waals surface area (Å²) in [6.45, 7) is 14.1. The first-order chi connectivity index (χ1) is 13.6. The summed E-state index contributed by atoms with van der Waals surface area (Å²) in [6.07, 6.45) is 2.58. The van der Waals surface area contributed by atoms with Crippen LogP contribution in [0.15, 0.2) is 60.7 Å². The number of benzene rings is 2. The summed E-state index contributed by atoms with van der Waals surface area (Å²) in [6, 6.07) is 23.5. The van der Waals surface area contributed by atoms with E-state index >= 15 is 0 Å². The largest absolute Gasteiger partial charge is 0.302 e. The highest BCUT2D eigenvalue weighted by Gasteiger charge is 2.29. The molecule has 28 heavy (non-hydrogen) atoms. The Morgan fingerprint density at radius 2 is 1.25 bits per heavy atom. The molecule has 0 saturated carbocycles. The molecule has 0 aromatic heterocycles. The lowest BCUT2D eigenvalue weighted by Gasteiger charge is -2.38. The van der Waals surface area contributed by atoms with Gasteiger partial charge in [0.05, 0.1) is 0 Å². The summed E-state index contributed by atoms with van der Waals surface area (Å²) in [5.41, 5.74) is 2.94. The molecular weight excluding hydrogens is 340 g/mol. The van der Waals surface area contributed by atoms with E-state index in [1.165, 1.54) is 50.1 Å². The van der Waals surface area contributed by atoms with Crippen LogP contribution in [-0.2, 0) is 0 Å². The first-order valence-electron chi connectivity index (χ1n) is 11.1. The Morgan fingerprint density at radius 3 is 1.68 bits per heavy atom. The van der Waals surface area contributed by atoms with Crippen LogP contribution < -0.4 is 0 Å². The molecule has 0 atom stereocenters. The van der Waals surface area contributed by atoms with Gasteiger partial charge in [0.2, 0.25) is 0 Å². The van der Waals surface area contributed by atoms with Crippen molar-refractivity contribution in [3.05, 3.63) is 71.8 Å². The van der Waals surface area contributed by atoms with E-state index in [9.17, 15) is 0 Å². The van der Waals surface area contributed by atoms with Gasteiger partial charge in [-0.15, -0.1) is 0 Å². The standard InChI is InChI=1S/C26H38N2/c1-21(2)28(22(3)4)20-19-27-17-15-25(16-18-27)26(23-11-7-5-8-12-23)24-13-9-6-10-14-24/h5-14,21-22,25-26H,15-20H2,1-4H3. The molecule has 0 amide bonds. The fourth-order valence-electron chi connectivity index (χ4n) is 4.94. The van der Waals surface area contributed by atoms with Crippen LogP contribution in [-0.4, -0.2) is 48.1 Å². The Labute approximate surface area is 172 Å². The molecule has 2 heteroatoms. The highest BCUT2D eigenvalue weighted by molar-refractivity contribution is 5.33. The topological polar surface area (TPSA) is 6.48 Å². The monoisotopic (exact) mass is 378 g/mol. The van der Waals surface area contributed by atoms with Crippen molar-refractivity contribution in [3.8, 4) is 0 Å². The minimum atomic E-state index is 0.521. The first-order valence-corrected chi connectivity index (χ1v) is 11.1. The third-order valence-electron chi connectivity index (χ3n) is 6.42. The van der Waals surface area contributed by atoms with Gasteiger partial charge < -0.3 is 4.90 Å². The Kier molecular flexibility index (Phi) is 7.70. The molecule has 0 N–H and O–H groups in total. The lowest BCUT2D eigenvalue weighted by molar-refractivity contribution is 0.119. The van der Waals surface area contributed by atoms with E-state index in [1.54, 1.807) is 0 Å². The van der Waals surface area contributed by atoms with Crippen molar-refractivity contribution in [2.75, 3.05) is 26.2 Å². The number of hydrogen-bond donors (Lipinski definition) is 0. The van der Waals surface area contributed by atoms with Crippen LogP contribution in [0.1, 0.15) is 57.6 Å². The van der Waals surface area contributed by atoms with Gasteiger partial charge >= 0.3 is 0 Å². The molecule has 3 rings (SSSR count). The molecule has 1 aliphatic rings. The van der Waals surface area contributed by atoms with Crippen LogP contribution in [0.3, 0.4) is 0 Å². The Bertz CT molecular complexity index is 625. The second-order valence-electron chi connectivity index (χ2n) is 8.90. The number of rotatable bonds is 8. The second-order valence-corrected chi connectivity index (χ2v) is 8.90. The van der Waals surface area contributed by atoms with E-state index < -0.39 is 0 Å². The second kappa shape index (κ2) is 10.2. The molecule has 2 aromatic rings. The van der Waals surface area contributed by atoms with Gasteiger partial charge in [-0.1, -0.05) is 60.7 Å². The molecule has 1 aliphatic heterocycles. The normalized spacial score (nSPS) is 16.6. The van der Waals surface area contributed by atoms with E-state index in [4.69, 9.17) is 0 Å². The van der Waals surface area contributed by atoms with Gasteiger partial charge in [0.25, 0.3) is 0 Å². The van der Waals surface area contributed by atoms with E-state index in [0.29, 0.717) is 18.0 Å². The van der Waals surface area contributed by atoms with Crippen molar-refractivity contribution < 1.29 is 0 Å². The third-order valence-corrected chi connectivity index (χ3v) is 6.42. The highest BCUT2D eigenvalue weighted by Crippen LogP contribution is 2.37. The average molecular weight is 379 g/mol. The van der Waals surface area contributed by atoms with Crippen molar-refractivity contribution in [1.82, 2.24) is 9.80 Å². The molecule has 0 aliphatic carbocycles. The van der Waals surface area contributed by atoms with Gasteiger partial charge in [-0.25, -0.2) is 0 Å². The molecule has 0 unspecified atom stereocenters. The van der Waals surface area contributed by atoms with Crippen LogP contribution in [0.25, 0.3) is 0 Å². The van der Waals surface area contributed by atoms with Crippen LogP contribution in [0.2, 0.25) is 0 Å². The maximum atomic E-state index is 2.68. The van der Waals surface area contributed by atoms with Gasteiger partial charge in [0.15, 0.2) is 0 Å². The van der Waals surface area contributed by atoms with Gasteiger partial charge in [-0.05, 0) is 70.7 Å². The van der Waals surface area contributed by atoms with Gasteiger partial charge in [0, 0.05) is 31.1 Å². The van der Waals surface area contributed by atoms with Crippen molar-refractivity contribution in [2.45, 2.75) is 58.5 Å². The minimum absolute atomic E-state index is 0.521. The lowest BCUT2D eigenvalue weighted by Crippen LogP contribution is -2.44. The van der Waals surface area contributed by atoms with E-state index in [1.807, 2.05) is 0 Å². The summed E-state index contributed by atoms with van der Waals surface area (Å²) in [4.78, 5) is 5.30. The van der Waals surface area contributed by atoms with Crippen LogP contribution in [0.5, 0.6) is 0 Å². The number of nitrogens with zero attached hydrogens (tertiary/aromatic N) is 2. The fourth-order valence-corrected chi connectivity index (χ4v) is 4.94. The quantitative estimate of drug-likeness (QED) is 0.586. The molecule has 0 bridgehead atoms. The third kappa shape index (κ3) is 5.46.